The van der Waals surface area contributed by atoms with Crippen LogP contribution < -0.4 is 0 Å². The summed E-state index contributed by atoms with van der Waals surface area (Å²) in [5.74, 6) is 5.80. The van der Waals surface area contributed by atoms with Crippen molar-refractivity contribution in [2.45, 2.75) is 91.4 Å². The van der Waals surface area contributed by atoms with Gasteiger partial charge in [0.15, 0.2) is 5.78 Å². The van der Waals surface area contributed by atoms with E-state index in [9.17, 15) is 4.79 Å². The lowest BCUT2D eigenvalue weighted by atomic mass is 9.43. The minimum atomic E-state index is 0.369. The lowest BCUT2D eigenvalue weighted by molar-refractivity contribution is -0.125. The van der Waals surface area contributed by atoms with Crippen molar-refractivity contribution in [1.29, 1.82) is 0 Å². The van der Waals surface area contributed by atoms with Crippen LogP contribution in [-0.4, -0.2) is 5.78 Å². The summed E-state index contributed by atoms with van der Waals surface area (Å²) in [5, 5.41) is 0. The molecule has 0 radical (unpaired) electrons. The molecule has 0 saturated heterocycles. The predicted octanol–water partition coefficient (Wildman–Crippen LogP) is 6.57. The van der Waals surface area contributed by atoms with E-state index in [0.717, 1.165) is 36.0 Å². The van der Waals surface area contributed by atoms with Gasteiger partial charge in [-0.3, -0.25) is 4.79 Å². The maximum atomic E-state index is 12.3. The average molecular weight is 355 g/mol. The second kappa shape index (κ2) is 5.95. The van der Waals surface area contributed by atoms with Gasteiger partial charge in [-0.2, -0.15) is 0 Å². The number of rotatable bonds is 1. The molecule has 0 amide bonds. The number of carbonyl (C=O) groups is 1. The summed E-state index contributed by atoms with van der Waals surface area (Å²) in [7, 11) is 0. The maximum absolute atomic E-state index is 12.3. The van der Waals surface area contributed by atoms with Gasteiger partial charge in [0.25, 0.3) is 0 Å². The Bertz CT molecular complexity index is 632. The van der Waals surface area contributed by atoms with Gasteiger partial charge in [0.05, 0.1) is 0 Å². The SMILES string of the molecule is CC(=O)C1=CCC[C@]23CCC4C(CC[C@H]5C[C@H](C)CC[C@]45C)C2CC[C@H]13. The summed E-state index contributed by atoms with van der Waals surface area (Å²) < 4.78 is 0. The normalized spacial score (nSPS) is 53.0. The smallest absolute Gasteiger partial charge is 0.155 e. The molecule has 5 rings (SSSR count). The lowest BCUT2D eigenvalue weighted by Crippen LogP contribution is -2.54. The fourth-order valence-corrected chi connectivity index (χ4v) is 9.26. The van der Waals surface area contributed by atoms with Gasteiger partial charge in [-0.15, -0.1) is 0 Å². The number of Topliss-reactive ketones (excluding diaryl/α,β-unsaturated/α-hetero) is 1. The highest BCUT2D eigenvalue weighted by Gasteiger charge is 2.62. The molecule has 1 nitrogen and oxygen atoms in total. The third kappa shape index (κ3) is 2.24. The van der Waals surface area contributed by atoms with E-state index in [1.165, 1.54) is 69.8 Å². The molecule has 5 aliphatic carbocycles. The first kappa shape index (κ1) is 17.5. The van der Waals surface area contributed by atoms with Crippen LogP contribution in [0.25, 0.3) is 0 Å². The summed E-state index contributed by atoms with van der Waals surface area (Å²) in [5.41, 5.74) is 2.36. The molecule has 0 aliphatic heterocycles. The third-order valence-electron chi connectivity index (χ3n) is 10.4. The number of allylic oxidation sites excluding steroid dienone is 2. The fourth-order valence-electron chi connectivity index (χ4n) is 9.26. The zero-order valence-corrected chi connectivity index (χ0v) is 17.2. The molecular formula is C25H38O. The van der Waals surface area contributed by atoms with E-state index in [1.807, 2.05) is 6.92 Å². The molecule has 0 heterocycles. The van der Waals surface area contributed by atoms with E-state index >= 15 is 0 Å². The first-order chi connectivity index (χ1) is 12.5. The van der Waals surface area contributed by atoms with Gasteiger partial charge in [-0.1, -0.05) is 26.3 Å². The van der Waals surface area contributed by atoms with Crippen LogP contribution in [0, 0.1) is 46.3 Å². The zero-order chi connectivity index (χ0) is 18.1. The van der Waals surface area contributed by atoms with Crippen LogP contribution in [-0.2, 0) is 4.79 Å². The molecule has 0 N–H and O–H groups in total. The van der Waals surface area contributed by atoms with Crippen LogP contribution in [0.1, 0.15) is 91.4 Å². The standard InChI is InChI=1S/C25H38O/c1-16-10-13-24(3)18(15-16)6-7-20-21(24)11-14-25-12-4-5-19(17(2)26)22(25)8-9-23(20)25/h5,16,18,20-23H,4,6-15H2,1-3H3/t16-,18+,20?,21?,22-,23?,24+,25-/m1/s1. The van der Waals surface area contributed by atoms with Crippen molar-refractivity contribution in [1.82, 2.24) is 0 Å². The first-order valence-corrected chi connectivity index (χ1v) is 11.7. The summed E-state index contributed by atoms with van der Waals surface area (Å²) >= 11 is 0. The van der Waals surface area contributed by atoms with E-state index in [4.69, 9.17) is 0 Å². The van der Waals surface area contributed by atoms with Gasteiger partial charge in [0.2, 0.25) is 0 Å². The van der Waals surface area contributed by atoms with Crippen LogP contribution in [0.4, 0.5) is 0 Å². The quantitative estimate of drug-likeness (QED) is 0.520. The summed E-state index contributed by atoms with van der Waals surface area (Å²) in [6, 6.07) is 0. The Hall–Kier alpha value is -0.590. The number of hydrogen-bond acceptors (Lipinski definition) is 1. The second-order valence-electron chi connectivity index (χ2n) is 11.2. The van der Waals surface area contributed by atoms with Crippen molar-refractivity contribution in [2.24, 2.45) is 46.3 Å². The van der Waals surface area contributed by atoms with Crippen LogP contribution >= 0.6 is 0 Å². The fraction of sp³-hybridized carbons (Fsp3) is 0.880. The Balaban J connectivity index is 1.46. The molecule has 4 saturated carbocycles. The van der Waals surface area contributed by atoms with Gasteiger partial charge in [0, 0.05) is 0 Å². The summed E-state index contributed by atoms with van der Waals surface area (Å²) in [4.78, 5) is 12.3. The van der Waals surface area contributed by atoms with E-state index in [0.29, 0.717) is 22.5 Å². The number of ketones is 1. The van der Waals surface area contributed by atoms with Gasteiger partial charge in [0.1, 0.15) is 0 Å². The average Bonchev–Trinajstić information content (AvgIpc) is 3.02. The molecule has 144 valence electrons. The van der Waals surface area contributed by atoms with Crippen molar-refractivity contribution >= 4 is 5.78 Å². The van der Waals surface area contributed by atoms with Crippen molar-refractivity contribution in [3.8, 4) is 0 Å². The largest absolute Gasteiger partial charge is 0.295 e. The molecule has 0 aromatic rings. The van der Waals surface area contributed by atoms with Crippen molar-refractivity contribution in [3.63, 3.8) is 0 Å². The molecule has 1 heteroatoms. The van der Waals surface area contributed by atoms with E-state index < -0.39 is 0 Å². The van der Waals surface area contributed by atoms with Crippen LogP contribution in [0.3, 0.4) is 0 Å². The Labute approximate surface area is 160 Å². The highest BCUT2D eigenvalue weighted by Crippen LogP contribution is 2.70. The molecule has 4 fully saturated rings. The molecule has 3 unspecified atom stereocenters. The van der Waals surface area contributed by atoms with Crippen LogP contribution in [0.2, 0.25) is 0 Å². The van der Waals surface area contributed by atoms with Crippen molar-refractivity contribution in [3.05, 3.63) is 11.6 Å². The van der Waals surface area contributed by atoms with Gasteiger partial charge in [-0.05, 0) is 123 Å². The highest BCUT2D eigenvalue weighted by atomic mass is 16.1. The summed E-state index contributed by atoms with van der Waals surface area (Å²) in [6.45, 7) is 6.99. The molecule has 0 aromatic carbocycles. The predicted molar refractivity (Wildman–Crippen MR) is 107 cm³/mol. The number of carbonyl (C=O) groups excluding carboxylic acids is 1. The van der Waals surface area contributed by atoms with Gasteiger partial charge in [-0.25, -0.2) is 0 Å². The molecule has 5 aliphatic rings. The molecule has 26 heavy (non-hydrogen) atoms. The third-order valence-corrected chi connectivity index (χ3v) is 10.4. The molecule has 8 atom stereocenters. The van der Waals surface area contributed by atoms with Crippen LogP contribution in [0.5, 0.6) is 0 Å². The maximum Gasteiger partial charge on any atom is 0.155 e. The Kier molecular flexibility index (Phi) is 4.01. The Morgan fingerprint density at radius 1 is 1.00 bits per heavy atom. The zero-order valence-electron chi connectivity index (χ0n) is 17.2. The summed E-state index contributed by atoms with van der Waals surface area (Å²) in [6.07, 6.45) is 17.9. The van der Waals surface area contributed by atoms with Crippen LogP contribution in [0.15, 0.2) is 11.6 Å². The van der Waals surface area contributed by atoms with E-state index in [-0.39, 0.29) is 0 Å². The lowest BCUT2D eigenvalue weighted by Gasteiger charge is -2.62. The molecule has 1 spiro atoms. The monoisotopic (exact) mass is 354 g/mol. The first-order valence-electron chi connectivity index (χ1n) is 11.7. The van der Waals surface area contributed by atoms with Crippen molar-refractivity contribution in [2.75, 3.05) is 0 Å². The molecule has 0 bridgehead atoms. The number of fused-ring (bicyclic) bond motifs is 4. The van der Waals surface area contributed by atoms with E-state index in [2.05, 4.69) is 19.9 Å². The molecular weight excluding hydrogens is 316 g/mol. The number of hydrogen-bond donors (Lipinski definition) is 0. The Morgan fingerprint density at radius 2 is 1.85 bits per heavy atom. The van der Waals surface area contributed by atoms with Gasteiger partial charge < -0.3 is 0 Å². The minimum Gasteiger partial charge on any atom is -0.295 e. The topological polar surface area (TPSA) is 17.1 Å². The second-order valence-corrected chi connectivity index (χ2v) is 11.2. The van der Waals surface area contributed by atoms with E-state index in [1.54, 1.807) is 0 Å². The molecule has 0 aromatic heterocycles. The minimum absolute atomic E-state index is 0.369. The van der Waals surface area contributed by atoms with Crippen molar-refractivity contribution < 1.29 is 4.79 Å². The van der Waals surface area contributed by atoms with Gasteiger partial charge >= 0.3 is 0 Å². The Morgan fingerprint density at radius 3 is 2.65 bits per heavy atom. The highest BCUT2D eigenvalue weighted by molar-refractivity contribution is 5.94.